The highest BCUT2D eigenvalue weighted by molar-refractivity contribution is 8.01. The third kappa shape index (κ3) is 5.83. The van der Waals surface area contributed by atoms with Crippen molar-refractivity contribution in [3.63, 3.8) is 0 Å². The molecular formula is C25H29ClN2O3S2. The average Bonchev–Trinajstić information content (AvgIpc) is 3.34. The zero-order valence-corrected chi connectivity index (χ0v) is 21.1. The van der Waals surface area contributed by atoms with Crippen molar-refractivity contribution in [1.29, 1.82) is 0 Å². The lowest BCUT2D eigenvalue weighted by molar-refractivity contribution is -0.152. The number of rotatable bonds is 10. The number of carboxylic acid groups (broad SMARTS) is 1. The van der Waals surface area contributed by atoms with E-state index in [0.717, 1.165) is 60.4 Å². The van der Waals surface area contributed by atoms with Gasteiger partial charge in [0.25, 0.3) is 0 Å². The largest absolute Gasteiger partial charge is 0.497 e. The lowest BCUT2D eigenvalue weighted by Gasteiger charge is -2.39. The van der Waals surface area contributed by atoms with Crippen LogP contribution in [0.1, 0.15) is 31.2 Å². The van der Waals surface area contributed by atoms with Crippen LogP contribution in [0.25, 0.3) is 10.9 Å². The molecule has 2 aromatic heterocycles. The van der Waals surface area contributed by atoms with E-state index in [0.29, 0.717) is 24.3 Å². The van der Waals surface area contributed by atoms with Crippen LogP contribution in [0.5, 0.6) is 5.75 Å². The van der Waals surface area contributed by atoms with Crippen LogP contribution in [-0.2, 0) is 11.2 Å². The number of ether oxygens (including phenoxy) is 1. The Hall–Kier alpha value is -1.80. The summed E-state index contributed by atoms with van der Waals surface area (Å²) in [6.45, 7) is 2.68. The molecule has 0 amide bonds. The van der Waals surface area contributed by atoms with Crippen LogP contribution in [0.4, 0.5) is 0 Å². The molecule has 3 heterocycles. The summed E-state index contributed by atoms with van der Waals surface area (Å²) in [4.78, 5) is 19.1. The van der Waals surface area contributed by atoms with E-state index in [9.17, 15) is 9.90 Å². The molecule has 8 heteroatoms. The number of likely N-dealkylation sites (tertiary alicyclic amines) is 1. The highest BCUT2D eigenvalue weighted by atomic mass is 35.5. The van der Waals surface area contributed by atoms with Crippen molar-refractivity contribution in [3.05, 3.63) is 52.5 Å². The molecular weight excluding hydrogens is 476 g/mol. The SMILES string of the molecule is COc1ccc2ncc(Cl)c(CCCC3(C(=O)O)CCN(CCSc4cccs4)CC3)c2c1. The number of thiophene rings is 1. The van der Waals surface area contributed by atoms with Gasteiger partial charge in [0.15, 0.2) is 0 Å². The van der Waals surface area contributed by atoms with E-state index in [-0.39, 0.29) is 0 Å². The molecule has 0 spiro atoms. The molecule has 1 fully saturated rings. The first-order valence-electron chi connectivity index (χ1n) is 11.2. The number of aromatic nitrogens is 1. The molecule has 4 rings (SSSR count). The summed E-state index contributed by atoms with van der Waals surface area (Å²) in [5.74, 6) is 1.14. The van der Waals surface area contributed by atoms with Crippen LogP contribution in [0.3, 0.4) is 0 Å². The molecule has 0 radical (unpaired) electrons. The van der Waals surface area contributed by atoms with Crippen LogP contribution in [0.2, 0.25) is 5.02 Å². The Morgan fingerprint density at radius 2 is 2.15 bits per heavy atom. The summed E-state index contributed by atoms with van der Waals surface area (Å²) in [7, 11) is 1.64. The number of aryl methyl sites for hydroxylation is 1. The van der Waals surface area contributed by atoms with E-state index in [4.69, 9.17) is 16.3 Å². The van der Waals surface area contributed by atoms with Gasteiger partial charge in [-0.1, -0.05) is 17.7 Å². The van der Waals surface area contributed by atoms with Crippen molar-refractivity contribution in [3.8, 4) is 5.75 Å². The van der Waals surface area contributed by atoms with Gasteiger partial charge in [0, 0.05) is 23.9 Å². The van der Waals surface area contributed by atoms with Crippen molar-refractivity contribution >= 4 is 51.6 Å². The Morgan fingerprint density at radius 1 is 1.33 bits per heavy atom. The van der Waals surface area contributed by atoms with Gasteiger partial charge in [0.2, 0.25) is 0 Å². The van der Waals surface area contributed by atoms with Crippen molar-refractivity contribution in [2.75, 3.05) is 32.5 Å². The lowest BCUT2D eigenvalue weighted by atomic mass is 9.74. The fourth-order valence-corrected chi connectivity index (χ4v) is 6.69. The van der Waals surface area contributed by atoms with E-state index in [1.54, 1.807) is 24.6 Å². The number of piperidine rings is 1. The minimum Gasteiger partial charge on any atom is -0.497 e. The molecule has 0 aliphatic carbocycles. The van der Waals surface area contributed by atoms with E-state index in [1.165, 1.54) is 4.21 Å². The fourth-order valence-electron chi connectivity index (χ4n) is 4.58. The van der Waals surface area contributed by atoms with Gasteiger partial charge in [-0.25, -0.2) is 0 Å². The van der Waals surface area contributed by atoms with Gasteiger partial charge in [-0.15, -0.1) is 23.1 Å². The summed E-state index contributed by atoms with van der Waals surface area (Å²) in [5, 5.41) is 13.8. The Labute approximate surface area is 208 Å². The number of carbonyl (C=O) groups is 1. The maximum Gasteiger partial charge on any atom is 0.309 e. The summed E-state index contributed by atoms with van der Waals surface area (Å²) < 4.78 is 6.71. The predicted octanol–water partition coefficient (Wildman–Crippen LogP) is 6.24. The van der Waals surface area contributed by atoms with Crippen LogP contribution < -0.4 is 4.74 Å². The van der Waals surface area contributed by atoms with E-state index in [1.807, 2.05) is 30.0 Å². The van der Waals surface area contributed by atoms with Crippen molar-refractivity contribution in [2.24, 2.45) is 5.41 Å². The zero-order chi connectivity index (χ0) is 23.3. The minimum atomic E-state index is -0.664. The van der Waals surface area contributed by atoms with E-state index < -0.39 is 11.4 Å². The number of aliphatic carboxylic acids is 1. The van der Waals surface area contributed by atoms with Crippen LogP contribution in [0.15, 0.2) is 46.1 Å². The van der Waals surface area contributed by atoms with E-state index >= 15 is 0 Å². The van der Waals surface area contributed by atoms with Crippen LogP contribution in [-0.4, -0.2) is 53.5 Å². The number of benzene rings is 1. The maximum atomic E-state index is 12.3. The van der Waals surface area contributed by atoms with Gasteiger partial charge in [-0.05, 0) is 80.4 Å². The first-order chi connectivity index (χ1) is 16.0. The number of thioether (sulfide) groups is 1. The lowest BCUT2D eigenvalue weighted by Crippen LogP contribution is -2.45. The van der Waals surface area contributed by atoms with Gasteiger partial charge in [0.05, 0.1) is 27.3 Å². The highest BCUT2D eigenvalue weighted by Gasteiger charge is 2.40. The highest BCUT2D eigenvalue weighted by Crippen LogP contribution is 2.38. The molecule has 0 unspecified atom stereocenters. The molecule has 0 atom stereocenters. The maximum absolute atomic E-state index is 12.3. The van der Waals surface area contributed by atoms with Gasteiger partial charge >= 0.3 is 5.97 Å². The summed E-state index contributed by atoms with van der Waals surface area (Å²) in [6.07, 6.45) is 5.24. The number of nitrogens with zero attached hydrogens (tertiary/aromatic N) is 2. The molecule has 1 aliphatic rings. The summed E-state index contributed by atoms with van der Waals surface area (Å²) >= 11 is 10.1. The Morgan fingerprint density at radius 3 is 2.85 bits per heavy atom. The molecule has 1 saturated heterocycles. The van der Waals surface area contributed by atoms with Gasteiger partial charge in [-0.2, -0.15) is 0 Å². The Balaban J connectivity index is 1.35. The second kappa shape index (κ2) is 11.1. The summed E-state index contributed by atoms with van der Waals surface area (Å²) in [6, 6.07) is 10.0. The second-order valence-corrected chi connectivity index (χ2v) is 11.3. The van der Waals surface area contributed by atoms with Crippen molar-refractivity contribution in [1.82, 2.24) is 9.88 Å². The monoisotopic (exact) mass is 504 g/mol. The molecule has 33 heavy (non-hydrogen) atoms. The average molecular weight is 505 g/mol. The summed E-state index contributed by atoms with van der Waals surface area (Å²) in [5.41, 5.74) is 1.24. The number of carboxylic acids is 1. The number of pyridine rings is 1. The van der Waals surface area contributed by atoms with Crippen molar-refractivity contribution < 1.29 is 14.6 Å². The van der Waals surface area contributed by atoms with Crippen LogP contribution in [0, 0.1) is 5.41 Å². The van der Waals surface area contributed by atoms with E-state index in [2.05, 4.69) is 27.4 Å². The van der Waals surface area contributed by atoms with Crippen molar-refractivity contribution in [2.45, 2.75) is 36.3 Å². The first-order valence-corrected chi connectivity index (χ1v) is 13.5. The number of hydrogen-bond acceptors (Lipinski definition) is 6. The van der Waals surface area contributed by atoms with Crippen LogP contribution >= 0.6 is 34.7 Å². The fraction of sp³-hybridized carbons (Fsp3) is 0.440. The number of methoxy groups -OCH3 is 1. The topological polar surface area (TPSA) is 62.7 Å². The molecule has 176 valence electrons. The molecule has 3 aromatic rings. The third-order valence-electron chi connectivity index (χ3n) is 6.63. The molecule has 1 aliphatic heterocycles. The molecule has 5 nitrogen and oxygen atoms in total. The molecule has 0 bridgehead atoms. The molecule has 1 aromatic carbocycles. The Kier molecular flexibility index (Phi) is 8.17. The number of halogens is 1. The first kappa shape index (κ1) is 24.3. The number of hydrogen-bond donors (Lipinski definition) is 1. The quantitative estimate of drug-likeness (QED) is 0.330. The standard InChI is InChI=1S/C25H29ClN2O3S2/c1-31-18-6-7-22-20(16-18)19(21(26)17-27-22)4-2-8-25(24(29)30)9-11-28(12-10-25)13-15-33-23-5-3-14-32-23/h3,5-7,14,16-17H,2,4,8-13,15H2,1H3,(H,29,30). The predicted molar refractivity (Wildman–Crippen MR) is 137 cm³/mol. The minimum absolute atomic E-state index is 0.623. The Bertz CT molecular complexity index is 1080. The van der Waals surface area contributed by atoms with Gasteiger partial charge in [0.1, 0.15) is 5.75 Å². The second-order valence-electron chi connectivity index (χ2n) is 8.53. The normalized spacial score (nSPS) is 16.2. The number of fused-ring (bicyclic) bond motifs is 1. The van der Waals surface area contributed by atoms with Gasteiger partial charge in [-0.3, -0.25) is 9.78 Å². The smallest absolute Gasteiger partial charge is 0.309 e. The zero-order valence-electron chi connectivity index (χ0n) is 18.8. The molecule has 1 N–H and O–H groups in total. The third-order valence-corrected chi connectivity index (χ3v) is 9.07. The van der Waals surface area contributed by atoms with Gasteiger partial charge < -0.3 is 14.7 Å². The molecule has 0 saturated carbocycles.